The van der Waals surface area contributed by atoms with Gasteiger partial charge in [0.1, 0.15) is 5.70 Å². The van der Waals surface area contributed by atoms with E-state index < -0.39 is 5.97 Å². The molecule has 0 saturated carbocycles. The van der Waals surface area contributed by atoms with Crippen molar-refractivity contribution in [1.82, 2.24) is 0 Å². The number of benzene rings is 2. The Morgan fingerprint density at radius 1 is 1.00 bits per heavy atom. The van der Waals surface area contributed by atoms with Gasteiger partial charge in [-0.15, -0.1) is 0 Å². The van der Waals surface area contributed by atoms with Gasteiger partial charge in [0, 0.05) is 17.3 Å². The average molecular weight is 295 g/mol. The second kappa shape index (κ2) is 7.22. The average Bonchev–Trinajstić information content (AvgIpc) is 2.56. The van der Waals surface area contributed by atoms with Crippen molar-refractivity contribution in [2.24, 2.45) is 0 Å². The van der Waals surface area contributed by atoms with Crippen LogP contribution in [0, 0.1) is 6.92 Å². The molecule has 0 unspecified atom stereocenters. The Bertz CT molecular complexity index is 688. The number of allylic oxidation sites excluding steroid dienone is 1. The van der Waals surface area contributed by atoms with E-state index in [1.807, 2.05) is 37.3 Å². The van der Waals surface area contributed by atoms with E-state index in [0.717, 1.165) is 5.56 Å². The highest BCUT2D eigenvalue weighted by Crippen LogP contribution is 2.13. The molecule has 0 aliphatic rings. The molecule has 2 rings (SSSR count). The summed E-state index contributed by atoms with van der Waals surface area (Å²) in [4.78, 5) is 24.0. The summed E-state index contributed by atoms with van der Waals surface area (Å²) in [6, 6.07) is 16.2. The molecule has 0 aliphatic carbocycles. The van der Waals surface area contributed by atoms with Crippen molar-refractivity contribution in [3.63, 3.8) is 0 Å². The van der Waals surface area contributed by atoms with E-state index in [0.29, 0.717) is 11.3 Å². The first-order chi connectivity index (χ1) is 10.6. The first-order valence-electron chi connectivity index (χ1n) is 6.83. The Morgan fingerprint density at radius 3 is 2.23 bits per heavy atom. The minimum absolute atomic E-state index is 0.0974. The number of carbonyl (C=O) groups is 2. The van der Waals surface area contributed by atoms with Crippen LogP contribution in [0.15, 0.2) is 66.4 Å². The largest absolute Gasteiger partial charge is 0.464 e. The number of ketones is 1. The van der Waals surface area contributed by atoms with Gasteiger partial charge in [0.2, 0.25) is 0 Å². The quantitative estimate of drug-likeness (QED) is 0.522. The summed E-state index contributed by atoms with van der Waals surface area (Å²) in [6.45, 7) is 1.97. The number of rotatable bonds is 5. The van der Waals surface area contributed by atoms with Gasteiger partial charge in [-0.25, -0.2) is 4.79 Å². The summed E-state index contributed by atoms with van der Waals surface area (Å²) in [5, 5.41) is 2.92. The molecule has 0 amide bonds. The Labute approximate surface area is 129 Å². The lowest BCUT2D eigenvalue weighted by Crippen LogP contribution is -2.15. The zero-order chi connectivity index (χ0) is 15.9. The van der Waals surface area contributed by atoms with Gasteiger partial charge < -0.3 is 10.1 Å². The van der Waals surface area contributed by atoms with E-state index in [2.05, 4.69) is 5.32 Å². The zero-order valence-corrected chi connectivity index (χ0v) is 12.5. The number of hydrogen-bond donors (Lipinski definition) is 1. The van der Waals surface area contributed by atoms with Crippen LogP contribution in [0.1, 0.15) is 15.9 Å². The molecule has 0 bridgehead atoms. The third-order valence-corrected chi connectivity index (χ3v) is 3.07. The summed E-state index contributed by atoms with van der Waals surface area (Å²) in [5.41, 5.74) is 2.42. The molecule has 1 N–H and O–H groups in total. The van der Waals surface area contributed by atoms with Gasteiger partial charge in [0.05, 0.1) is 7.11 Å². The number of methoxy groups -OCH3 is 1. The van der Waals surface area contributed by atoms with Gasteiger partial charge in [-0.3, -0.25) is 4.79 Å². The molecular formula is C18H17NO3. The number of hydrogen-bond acceptors (Lipinski definition) is 4. The maximum absolute atomic E-state index is 12.2. The molecule has 4 heteroatoms. The van der Waals surface area contributed by atoms with Crippen molar-refractivity contribution in [3.05, 3.63) is 77.5 Å². The van der Waals surface area contributed by atoms with Crippen LogP contribution >= 0.6 is 0 Å². The molecule has 4 nitrogen and oxygen atoms in total. The van der Waals surface area contributed by atoms with E-state index in [-0.39, 0.29) is 11.5 Å². The van der Waals surface area contributed by atoms with E-state index in [1.165, 1.54) is 13.2 Å². The standard InChI is InChI=1S/C18H17NO3/c1-13-8-10-15(11-9-13)19-16(18(21)22-2)12-17(20)14-6-4-3-5-7-14/h3-12,19H,1-2H3/b16-12+. The highest BCUT2D eigenvalue weighted by atomic mass is 16.5. The van der Waals surface area contributed by atoms with Gasteiger partial charge in [-0.1, -0.05) is 48.0 Å². The smallest absolute Gasteiger partial charge is 0.354 e. The molecule has 2 aromatic carbocycles. The lowest BCUT2D eigenvalue weighted by Gasteiger charge is -2.09. The maximum Gasteiger partial charge on any atom is 0.354 e. The number of nitrogens with one attached hydrogen (secondary N) is 1. The summed E-state index contributed by atoms with van der Waals surface area (Å²) in [6.07, 6.45) is 1.25. The fourth-order valence-corrected chi connectivity index (χ4v) is 1.87. The Balaban J connectivity index is 2.26. The summed E-state index contributed by atoms with van der Waals surface area (Å²) in [5.74, 6) is -0.856. The molecule has 0 aromatic heterocycles. The van der Waals surface area contributed by atoms with E-state index in [9.17, 15) is 9.59 Å². The minimum atomic E-state index is -0.593. The van der Waals surface area contributed by atoms with Crippen molar-refractivity contribution < 1.29 is 14.3 Å². The number of aryl methyl sites for hydroxylation is 1. The van der Waals surface area contributed by atoms with E-state index in [1.54, 1.807) is 24.3 Å². The molecule has 0 heterocycles. The van der Waals surface area contributed by atoms with Crippen LogP contribution in [0.2, 0.25) is 0 Å². The molecule has 2 aromatic rings. The van der Waals surface area contributed by atoms with Gasteiger partial charge >= 0.3 is 5.97 Å². The predicted molar refractivity (Wildman–Crippen MR) is 85.7 cm³/mol. The number of carbonyl (C=O) groups excluding carboxylic acids is 2. The molecular weight excluding hydrogens is 278 g/mol. The van der Waals surface area contributed by atoms with Gasteiger partial charge in [0.25, 0.3) is 0 Å². The Kier molecular flexibility index (Phi) is 5.09. The summed E-state index contributed by atoms with van der Waals surface area (Å²) < 4.78 is 4.72. The lowest BCUT2D eigenvalue weighted by molar-refractivity contribution is -0.135. The van der Waals surface area contributed by atoms with Gasteiger partial charge in [0.15, 0.2) is 5.78 Å². The van der Waals surface area contributed by atoms with Crippen molar-refractivity contribution in [2.75, 3.05) is 12.4 Å². The molecule has 0 fully saturated rings. The van der Waals surface area contributed by atoms with Gasteiger partial charge in [-0.05, 0) is 19.1 Å². The van der Waals surface area contributed by atoms with Crippen LogP contribution < -0.4 is 5.32 Å². The topological polar surface area (TPSA) is 55.4 Å². The monoisotopic (exact) mass is 295 g/mol. The van der Waals surface area contributed by atoms with Crippen molar-refractivity contribution in [2.45, 2.75) is 6.92 Å². The molecule has 0 saturated heterocycles. The number of anilines is 1. The summed E-state index contributed by atoms with van der Waals surface area (Å²) >= 11 is 0. The second-order valence-electron chi connectivity index (χ2n) is 4.77. The Morgan fingerprint density at radius 2 is 1.64 bits per heavy atom. The maximum atomic E-state index is 12.2. The number of ether oxygens (including phenoxy) is 1. The third-order valence-electron chi connectivity index (χ3n) is 3.07. The second-order valence-corrected chi connectivity index (χ2v) is 4.77. The van der Waals surface area contributed by atoms with E-state index >= 15 is 0 Å². The Hall–Kier alpha value is -2.88. The minimum Gasteiger partial charge on any atom is -0.464 e. The lowest BCUT2D eigenvalue weighted by atomic mass is 10.1. The van der Waals surface area contributed by atoms with Crippen LogP contribution in [-0.4, -0.2) is 18.9 Å². The third kappa shape index (κ3) is 4.06. The first kappa shape index (κ1) is 15.5. The molecule has 112 valence electrons. The molecule has 0 aliphatic heterocycles. The summed E-state index contributed by atoms with van der Waals surface area (Å²) in [7, 11) is 1.28. The van der Waals surface area contributed by atoms with Crippen LogP contribution in [0.3, 0.4) is 0 Å². The van der Waals surface area contributed by atoms with Crippen molar-refractivity contribution in [1.29, 1.82) is 0 Å². The van der Waals surface area contributed by atoms with Crippen molar-refractivity contribution in [3.8, 4) is 0 Å². The molecule has 0 radical (unpaired) electrons. The normalized spacial score (nSPS) is 10.9. The van der Waals surface area contributed by atoms with Gasteiger partial charge in [-0.2, -0.15) is 0 Å². The van der Waals surface area contributed by atoms with Crippen LogP contribution in [0.25, 0.3) is 0 Å². The fourth-order valence-electron chi connectivity index (χ4n) is 1.87. The number of esters is 1. The van der Waals surface area contributed by atoms with E-state index in [4.69, 9.17) is 4.74 Å². The van der Waals surface area contributed by atoms with Crippen LogP contribution in [0.5, 0.6) is 0 Å². The predicted octanol–water partition coefficient (Wildman–Crippen LogP) is 3.35. The van der Waals surface area contributed by atoms with Crippen LogP contribution in [0.4, 0.5) is 5.69 Å². The SMILES string of the molecule is COC(=O)/C(=C\C(=O)c1ccccc1)Nc1ccc(C)cc1. The molecule has 22 heavy (non-hydrogen) atoms. The molecule has 0 spiro atoms. The fraction of sp³-hybridized carbons (Fsp3) is 0.111. The highest BCUT2D eigenvalue weighted by Gasteiger charge is 2.13. The van der Waals surface area contributed by atoms with Crippen LogP contribution in [-0.2, 0) is 9.53 Å². The highest BCUT2D eigenvalue weighted by molar-refractivity contribution is 6.09. The first-order valence-corrected chi connectivity index (χ1v) is 6.83. The van der Waals surface area contributed by atoms with Crippen molar-refractivity contribution >= 4 is 17.4 Å². The molecule has 0 atom stereocenters. The zero-order valence-electron chi connectivity index (χ0n) is 12.5.